The molecule has 7 heteroatoms. The number of carbonyl (C=O) groups is 1. The Hall–Kier alpha value is -4.00. The first kappa shape index (κ1) is 19.0. The number of nitrogens with zero attached hydrogens (tertiary/aromatic N) is 3. The van der Waals surface area contributed by atoms with E-state index < -0.39 is 0 Å². The first-order chi connectivity index (χ1) is 15.2. The van der Waals surface area contributed by atoms with E-state index in [-0.39, 0.29) is 5.91 Å². The first-order valence-electron chi connectivity index (χ1n) is 10.2. The Labute approximate surface area is 179 Å². The molecular weight excluding hydrogens is 390 g/mol. The summed E-state index contributed by atoms with van der Waals surface area (Å²) < 4.78 is 5.71. The molecule has 0 radical (unpaired) electrons. The second-order valence-corrected chi connectivity index (χ2v) is 7.51. The maximum Gasteiger partial charge on any atom is 0.255 e. The average Bonchev–Trinajstić information content (AvgIpc) is 3.56. The van der Waals surface area contributed by atoms with E-state index in [4.69, 9.17) is 4.74 Å². The van der Waals surface area contributed by atoms with Crippen molar-refractivity contribution in [2.24, 2.45) is 0 Å². The molecule has 7 nitrogen and oxygen atoms in total. The summed E-state index contributed by atoms with van der Waals surface area (Å²) in [5.74, 6) is 2.34. The summed E-state index contributed by atoms with van der Waals surface area (Å²) in [5.41, 5.74) is 3.11. The Balaban J connectivity index is 1.22. The van der Waals surface area contributed by atoms with Crippen molar-refractivity contribution in [2.75, 3.05) is 5.32 Å². The quantitative estimate of drug-likeness (QED) is 0.464. The molecule has 2 heterocycles. The van der Waals surface area contributed by atoms with Crippen molar-refractivity contribution in [1.82, 2.24) is 20.2 Å². The number of nitrogens with one attached hydrogen (secondary N) is 2. The van der Waals surface area contributed by atoms with Gasteiger partial charge in [0.25, 0.3) is 5.91 Å². The molecule has 0 saturated heterocycles. The number of rotatable bonds is 7. The van der Waals surface area contributed by atoms with Crippen molar-refractivity contribution in [3.05, 3.63) is 89.9 Å². The van der Waals surface area contributed by atoms with Crippen LogP contribution in [0.15, 0.2) is 72.9 Å². The topological polar surface area (TPSA) is 92.8 Å². The summed E-state index contributed by atoms with van der Waals surface area (Å²) in [6.45, 7) is 0.393. The predicted molar refractivity (Wildman–Crippen MR) is 117 cm³/mol. The molecule has 2 aromatic carbocycles. The number of pyridine rings is 1. The zero-order valence-electron chi connectivity index (χ0n) is 16.8. The normalized spacial score (nSPS) is 13.0. The lowest BCUT2D eigenvalue weighted by Crippen LogP contribution is -2.12. The number of ether oxygens (including phenoxy) is 1. The molecule has 1 amide bonds. The third kappa shape index (κ3) is 4.61. The number of aromatic nitrogens is 4. The van der Waals surface area contributed by atoms with Crippen molar-refractivity contribution < 1.29 is 9.53 Å². The number of hydrogen-bond donors (Lipinski definition) is 2. The molecular formula is C24H21N5O2. The molecule has 1 fully saturated rings. The number of hydrogen-bond acceptors (Lipinski definition) is 5. The zero-order chi connectivity index (χ0) is 21.0. The SMILES string of the molecule is O=C(Nc1ccc(-c2n[nH]c(C3CC3)n2)cc1)c1ccnc(OCc2ccccc2)c1. The number of benzene rings is 2. The highest BCUT2D eigenvalue weighted by Gasteiger charge is 2.27. The third-order valence-electron chi connectivity index (χ3n) is 5.09. The van der Waals surface area contributed by atoms with Crippen LogP contribution in [-0.4, -0.2) is 26.1 Å². The Morgan fingerprint density at radius 3 is 2.65 bits per heavy atom. The summed E-state index contributed by atoms with van der Waals surface area (Å²) in [5, 5.41) is 10.2. The smallest absolute Gasteiger partial charge is 0.255 e. The summed E-state index contributed by atoms with van der Waals surface area (Å²) >= 11 is 0. The Morgan fingerprint density at radius 2 is 1.87 bits per heavy atom. The summed E-state index contributed by atoms with van der Waals surface area (Å²) in [7, 11) is 0. The van der Waals surface area contributed by atoms with Gasteiger partial charge in [0.1, 0.15) is 12.4 Å². The standard InChI is InChI=1S/C24H21N5O2/c30-24(19-12-13-25-21(14-19)31-15-16-4-2-1-3-5-16)26-20-10-8-18(9-11-20)23-27-22(28-29-23)17-6-7-17/h1-5,8-14,17H,6-7,15H2,(H,26,30)(H,27,28,29). The zero-order valence-corrected chi connectivity index (χ0v) is 16.8. The maximum absolute atomic E-state index is 12.7. The van der Waals surface area contributed by atoms with E-state index in [0.29, 0.717) is 35.5 Å². The highest BCUT2D eigenvalue weighted by Crippen LogP contribution is 2.38. The Bertz CT molecular complexity index is 1180. The molecule has 1 aliphatic carbocycles. The molecule has 0 unspecified atom stereocenters. The van der Waals surface area contributed by atoms with Crippen LogP contribution in [0.4, 0.5) is 5.69 Å². The van der Waals surface area contributed by atoms with Gasteiger partial charge in [-0.1, -0.05) is 30.3 Å². The highest BCUT2D eigenvalue weighted by molar-refractivity contribution is 6.04. The minimum Gasteiger partial charge on any atom is -0.473 e. The van der Waals surface area contributed by atoms with Gasteiger partial charge in [-0.25, -0.2) is 9.97 Å². The fourth-order valence-corrected chi connectivity index (χ4v) is 3.21. The van der Waals surface area contributed by atoms with E-state index in [1.165, 1.54) is 12.8 Å². The molecule has 154 valence electrons. The van der Waals surface area contributed by atoms with Gasteiger partial charge in [0.15, 0.2) is 5.82 Å². The van der Waals surface area contributed by atoms with Crippen LogP contribution >= 0.6 is 0 Å². The predicted octanol–water partition coefficient (Wildman–Crippen LogP) is 4.58. The van der Waals surface area contributed by atoms with Gasteiger partial charge >= 0.3 is 0 Å². The van der Waals surface area contributed by atoms with Crippen molar-refractivity contribution in [1.29, 1.82) is 0 Å². The van der Waals surface area contributed by atoms with E-state index in [0.717, 1.165) is 17.0 Å². The summed E-state index contributed by atoms with van der Waals surface area (Å²) in [6, 6.07) is 20.6. The molecule has 1 saturated carbocycles. The monoisotopic (exact) mass is 411 g/mol. The van der Waals surface area contributed by atoms with Gasteiger partial charge < -0.3 is 10.1 Å². The fourth-order valence-electron chi connectivity index (χ4n) is 3.21. The molecule has 31 heavy (non-hydrogen) atoms. The molecule has 0 atom stereocenters. The fraction of sp³-hybridized carbons (Fsp3) is 0.167. The first-order valence-corrected chi connectivity index (χ1v) is 10.2. The lowest BCUT2D eigenvalue weighted by Gasteiger charge is -2.08. The molecule has 2 aromatic heterocycles. The minimum absolute atomic E-state index is 0.228. The van der Waals surface area contributed by atoms with E-state index in [1.54, 1.807) is 18.3 Å². The molecule has 1 aliphatic rings. The van der Waals surface area contributed by atoms with Crippen LogP contribution in [0.5, 0.6) is 5.88 Å². The van der Waals surface area contributed by atoms with Crippen LogP contribution in [0.3, 0.4) is 0 Å². The average molecular weight is 411 g/mol. The van der Waals surface area contributed by atoms with Gasteiger partial charge in [0.2, 0.25) is 5.88 Å². The second-order valence-electron chi connectivity index (χ2n) is 7.51. The molecule has 2 N–H and O–H groups in total. The van der Waals surface area contributed by atoms with Crippen LogP contribution in [0, 0.1) is 0 Å². The molecule has 0 spiro atoms. The van der Waals surface area contributed by atoms with Gasteiger partial charge in [-0.3, -0.25) is 9.89 Å². The lowest BCUT2D eigenvalue weighted by molar-refractivity contribution is 0.102. The van der Waals surface area contributed by atoms with Gasteiger partial charge in [0, 0.05) is 35.0 Å². The van der Waals surface area contributed by atoms with E-state index in [1.807, 2.05) is 54.6 Å². The lowest BCUT2D eigenvalue weighted by atomic mass is 10.2. The largest absolute Gasteiger partial charge is 0.473 e. The number of amides is 1. The van der Waals surface area contributed by atoms with E-state index in [2.05, 4.69) is 25.5 Å². The van der Waals surface area contributed by atoms with Crippen LogP contribution in [0.1, 0.15) is 40.5 Å². The van der Waals surface area contributed by atoms with Crippen molar-refractivity contribution >= 4 is 11.6 Å². The Kier molecular flexibility index (Phi) is 5.14. The third-order valence-corrected chi connectivity index (χ3v) is 5.09. The minimum atomic E-state index is -0.228. The number of anilines is 1. The van der Waals surface area contributed by atoms with Crippen LogP contribution in [0.2, 0.25) is 0 Å². The van der Waals surface area contributed by atoms with Crippen LogP contribution in [0.25, 0.3) is 11.4 Å². The number of H-pyrrole nitrogens is 1. The second kappa shape index (κ2) is 8.39. The highest BCUT2D eigenvalue weighted by atomic mass is 16.5. The molecule has 5 rings (SSSR count). The summed E-state index contributed by atoms with van der Waals surface area (Å²) in [6.07, 6.45) is 3.92. The van der Waals surface area contributed by atoms with E-state index >= 15 is 0 Å². The molecule has 0 aliphatic heterocycles. The van der Waals surface area contributed by atoms with Gasteiger partial charge in [0.05, 0.1) is 0 Å². The van der Waals surface area contributed by atoms with Crippen LogP contribution in [-0.2, 0) is 6.61 Å². The molecule has 4 aromatic rings. The maximum atomic E-state index is 12.7. The molecule has 0 bridgehead atoms. The van der Waals surface area contributed by atoms with E-state index in [9.17, 15) is 4.79 Å². The van der Waals surface area contributed by atoms with Crippen molar-refractivity contribution in [3.8, 4) is 17.3 Å². The van der Waals surface area contributed by atoms with Gasteiger partial charge in [-0.2, -0.15) is 5.10 Å². The van der Waals surface area contributed by atoms with Crippen molar-refractivity contribution in [2.45, 2.75) is 25.4 Å². The van der Waals surface area contributed by atoms with Crippen LogP contribution < -0.4 is 10.1 Å². The number of carbonyl (C=O) groups excluding carboxylic acids is 1. The Morgan fingerprint density at radius 1 is 1.06 bits per heavy atom. The number of aromatic amines is 1. The van der Waals surface area contributed by atoms with Gasteiger partial charge in [-0.15, -0.1) is 0 Å². The van der Waals surface area contributed by atoms with Gasteiger partial charge in [-0.05, 0) is 48.7 Å². The van der Waals surface area contributed by atoms with Crippen molar-refractivity contribution in [3.63, 3.8) is 0 Å². The summed E-state index contributed by atoms with van der Waals surface area (Å²) in [4.78, 5) is 21.4.